The number of amides is 1. The van der Waals surface area contributed by atoms with Gasteiger partial charge in [-0.25, -0.2) is 15.0 Å². The number of Topliss-reactive ketones (excluding diaryl/α,β-unsaturated/α-hetero) is 1. The Morgan fingerprint density at radius 1 is 1.22 bits per heavy atom. The minimum Gasteiger partial charge on any atom is -0.307 e. The summed E-state index contributed by atoms with van der Waals surface area (Å²) >= 11 is 1.32. The molecular formula is C20H16N4O2S. The Kier molecular flexibility index (Phi) is 3.65. The summed E-state index contributed by atoms with van der Waals surface area (Å²) in [6, 6.07) is 7.43. The van der Waals surface area contributed by atoms with Crippen LogP contribution in [0.3, 0.4) is 0 Å². The van der Waals surface area contributed by atoms with E-state index in [1.807, 2.05) is 25.1 Å². The number of aromatic nitrogens is 3. The Morgan fingerprint density at radius 3 is 2.85 bits per heavy atom. The number of rotatable bonds is 2. The summed E-state index contributed by atoms with van der Waals surface area (Å²) < 4.78 is 0. The Labute approximate surface area is 159 Å². The highest BCUT2D eigenvalue weighted by Crippen LogP contribution is 2.45. The van der Waals surface area contributed by atoms with Crippen molar-refractivity contribution in [1.29, 1.82) is 0 Å². The number of hydrogen-bond acceptors (Lipinski definition) is 6. The SMILES string of the molecule is Cc1nc(-c2ncccn2)sc1C(=O)N1CC2CCC(=O)c3cccc1c32. The molecule has 0 N–H and O–H groups in total. The average Bonchev–Trinajstić information content (AvgIpc) is 3.27. The molecule has 0 fully saturated rings. The number of carbonyl (C=O) groups is 2. The van der Waals surface area contributed by atoms with Crippen LogP contribution in [0.1, 0.15) is 50.0 Å². The molecule has 1 atom stereocenters. The molecule has 6 nitrogen and oxygen atoms in total. The smallest absolute Gasteiger partial charge is 0.270 e. The van der Waals surface area contributed by atoms with Crippen LogP contribution in [0.25, 0.3) is 10.8 Å². The van der Waals surface area contributed by atoms with E-state index < -0.39 is 0 Å². The Morgan fingerprint density at radius 2 is 2.04 bits per heavy atom. The minimum atomic E-state index is -0.0672. The van der Waals surface area contributed by atoms with E-state index >= 15 is 0 Å². The third-order valence-electron chi connectivity index (χ3n) is 5.20. The fraction of sp³-hybridized carbons (Fsp3) is 0.250. The van der Waals surface area contributed by atoms with Gasteiger partial charge in [-0.1, -0.05) is 12.1 Å². The van der Waals surface area contributed by atoms with Crippen LogP contribution < -0.4 is 4.90 Å². The van der Waals surface area contributed by atoms with E-state index in [9.17, 15) is 9.59 Å². The van der Waals surface area contributed by atoms with Crippen LogP contribution in [0, 0.1) is 6.92 Å². The monoisotopic (exact) mass is 376 g/mol. The molecule has 0 saturated carbocycles. The molecule has 1 aromatic carbocycles. The zero-order valence-electron chi connectivity index (χ0n) is 14.7. The highest BCUT2D eigenvalue weighted by atomic mass is 32.1. The van der Waals surface area contributed by atoms with Gasteiger partial charge < -0.3 is 4.90 Å². The Balaban J connectivity index is 1.54. The van der Waals surface area contributed by atoms with Crippen molar-refractivity contribution < 1.29 is 9.59 Å². The van der Waals surface area contributed by atoms with Crippen LogP contribution in [-0.2, 0) is 0 Å². The second-order valence-electron chi connectivity index (χ2n) is 6.82. The van der Waals surface area contributed by atoms with Crippen molar-refractivity contribution >= 4 is 28.7 Å². The number of ketones is 1. The highest BCUT2D eigenvalue weighted by Gasteiger charge is 2.39. The quantitative estimate of drug-likeness (QED) is 0.683. The fourth-order valence-electron chi connectivity index (χ4n) is 3.96. The standard InChI is InChI=1S/C20H16N4O2S/c1-11-17(27-19(23-11)18-21-8-3-9-22-18)20(26)24-10-12-6-7-15(25)13-4-2-5-14(24)16(12)13/h2-5,8-9,12H,6-7,10H2,1H3. The van der Waals surface area contributed by atoms with Gasteiger partial charge in [-0.15, -0.1) is 11.3 Å². The molecule has 0 saturated heterocycles. The number of nitrogens with zero attached hydrogens (tertiary/aromatic N) is 4. The van der Waals surface area contributed by atoms with Crippen molar-refractivity contribution in [3.05, 3.63) is 58.4 Å². The lowest BCUT2D eigenvalue weighted by atomic mass is 9.83. The van der Waals surface area contributed by atoms with Gasteiger partial charge in [0.2, 0.25) is 0 Å². The summed E-state index contributed by atoms with van der Waals surface area (Å²) in [5.41, 5.74) is 3.36. The van der Waals surface area contributed by atoms with E-state index in [1.165, 1.54) is 11.3 Å². The lowest BCUT2D eigenvalue weighted by Gasteiger charge is -2.18. The second kappa shape index (κ2) is 6.06. The third kappa shape index (κ3) is 2.49. The topological polar surface area (TPSA) is 76.1 Å². The van der Waals surface area contributed by atoms with Gasteiger partial charge in [-0.2, -0.15) is 0 Å². The van der Waals surface area contributed by atoms with Gasteiger partial charge in [0, 0.05) is 42.5 Å². The Hall–Kier alpha value is -2.93. The maximum atomic E-state index is 13.3. The molecule has 0 spiro atoms. The average molecular weight is 376 g/mol. The molecule has 1 aliphatic heterocycles. The first-order chi connectivity index (χ1) is 13.1. The van der Waals surface area contributed by atoms with Crippen molar-refractivity contribution in [2.45, 2.75) is 25.7 Å². The molecule has 3 heterocycles. The number of thiazole rings is 1. The summed E-state index contributed by atoms with van der Waals surface area (Å²) in [5.74, 6) is 0.871. The van der Waals surface area contributed by atoms with Crippen LogP contribution in [0.4, 0.5) is 5.69 Å². The second-order valence-corrected chi connectivity index (χ2v) is 7.82. The number of hydrogen-bond donors (Lipinski definition) is 0. The molecule has 2 aromatic heterocycles. The molecule has 2 aliphatic rings. The van der Waals surface area contributed by atoms with Gasteiger partial charge in [0.15, 0.2) is 16.6 Å². The van der Waals surface area contributed by atoms with Crippen LogP contribution in [0.5, 0.6) is 0 Å². The van der Waals surface area contributed by atoms with Crippen LogP contribution >= 0.6 is 11.3 Å². The molecule has 7 heteroatoms. The first kappa shape index (κ1) is 16.3. The molecule has 0 bridgehead atoms. The van der Waals surface area contributed by atoms with E-state index in [-0.39, 0.29) is 17.6 Å². The minimum absolute atomic E-state index is 0.0672. The van der Waals surface area contributed by atoms with Crippen LogP contribution in [0.2, 0.25) is 0 Å². The summed E-state index contributed by atoms with van der Waals surface area (Å²) in [7, 11) is 0. The number of benzene rings is 1. The predicted octanol–water partition coefficient (Wildman–Crippen LogP) is 3.63. The van der Waals surface area contributed by atoms with E-state index in [4.69, 9.17) is 0 Å². The molecule has 0 radical (unpaired) electrons. The summed E-state index contributed by atoms with van der Waals surface area (Å²) in [6.45, 7) is 2.45. The molecule has 1 aliphatic carbocycles. The molecule has 1 unspecified atom stereocenters. The van der Waals surface area contributed by atoms with Crippen LogP contribution in [-0.4, -0.2) is 33.2 Å². The maximum absolute atomic E-state index is 13.3. The number of aryl methyl sites for hydroxylation is 1. The number of carbonyl (C=O) groups excluding carboxylic acids is 2. The van der Waals surface area contributed by atoms with Gasteiger partial charge in [-0.05, 0) is 31.0 Å². The summed E-state index contributed by atoms with van der Waals surface area (Å²) in [5, 5.41) is 0.640. The van der Waals surface area contributed by atoms with Crippen molar-refractivity contribution in [2.75, 3.05) is 11.4 Å². The maximum Gasteiger partial charge on any atom is 0.270 e. The van der Waals surface area contributed by atoms with E-state index in [1.54, 1.807) is 23.4 Å². The third-order valence-corrected chi connectivity index (χ3v) is 6.34. The Bertz CT molecular complexity index is 1080. The van der Waals surface area contributed by atoms with Crippen molar-refractivity contribution in [3.63, 3.8) is 0 Å². The van der Waals surface area contributed by atoms with E-state index in [2.05, 4.69) is 15.0 Å². The zero-order chi connectivity index (χ0) is 18.5. The van der Waals surface area contributed by atoms with Crippen molar-refractivity contribution in [3.8, 4) is 10.8 Å². The molecule has 1 amide bonds. The lowest BCUT2D eigenvalue weighted by molar-refractivity contribution is 0.0968. The normalized spacial score (nSPS) is 17.9. The number of anilines is 1. The largest absolute Gasteiger partial charge is 0.307 e. The molecular weight excluding hydrogens is 360 g/mol. The molecule has 5 rings (SSSR count). The van der Waals surface area contributed by atoms with Gasteiger partial charge in [0.25, 0.3) is 5.91 Å². The molecule has 27 heavy (non-hydrogen) atoms. The summed E-state index contributed by atoms with van der Waals surface area (Å²) in [6.07, 6.45) is 4.68. The summed E-state index contributed by atoms with van der Waals surface area (Å²) in [4.78, 5) is 40.9. The molecule has 134 valence electrons. The van der Waals surface area contributed by atoms with E-state index in [0.717, 1.165) is 23.2 Å². The zero-order valence-corrected chi connectivity index (χ0v) is 15.5. The van der Waals surface area contributed by atoms with Gasteiger partial charge >= 0.3 is 0 Å². The lowest BCUT2D eigenvalue weighted by Crippen LogP contribution is -2.29. The molecule has 3 aromatic rings. The first-order valence-corrected chi connectivity index (χ1v) is 9.68. The van der Waals surface area contributed by atoms with Gasteiger partial charge in [0.1, 0.15) is 4.88 Å². The van der Waals surface area contributed by atoms with Crippen molar-refractivity contribution in [1.82, 2.24) is 15.0 Å². The van der Waals surface area contributed by atoms with E-state index in [0.29, 0.717) is 34.4 Å². The fourth-order valence-corrected chi connectivity index (χ4v) is 4.92. The van der Waals surface area contributed by atoms with Gasteiger partial charge in [-0.3, -0.25) is 9.59 Å². The first-order valence-electron chi connectivity index (χ1n) is 8.86. The van der Waals surface area contributed by atoms with Crippen molar-refractivity contribution in [2.24, 2.45) is 0 Å². The highest BCUT2D eigenvalue weighted by molar-refractivity contribution is 7.17. The predicted molar refractivity (Wildman–Crippen MR) is 102 cm³/mol. The van der Waals surface area contributed by atoms with Gasteiger partial charge in [0.05, 0.1) is 5.69 Å². The van der Waals surface area contributed by atoms with Crippen LogP contribution in [0.15, 0.2) is 36.7 Å².